The van der Waals surface area contributed by atoms with Gasteiger partial charge in [-0.2, -0.15) is 0 Å². The summed E-state index contributed by atoms with van der Waals surface area (Å²) in [5.41, 5.74) is 1.58. The fraction of sp³-hybridized carbons (Fsp3) is 0.600. The Morgan fingerprint density at radius 2 is 1.62 bits per heavy atom. The second-order valence-corrected chi connectivity index (χ2v) is 5.03. The van der Waals surface area contributed by atoms with Crippen molar-refractivity contribution in [2.45, 2.75) is 52.6 Å². The molecule has 1 aromatic rings. The largest absolute Gasteiger partial charge is 0.385 e. The zero-order valence-electron chi connectivity index (χ0n) is 11.0. The van der Waals surface area contributed by atoms with Gasteiger partial charge in [0, 0.05) is 0 Å². The van der Waals surface area contributed by atoms with Crippen molar-refractivity contribution >= 4 is 0 Å². The molecule has 0 heterocycles. The predicted molar refractivity (Wildman–Crippen MR) is 69.4 cm³/mol. The first-order valence-corrected chi connectivity index (χ1v) is 6.29. The molecule has 0 bridgehead atoms. The minimum atomic E-state index is -0.690. The third kappa shape index (κ3) is 3.34. The highest BCUT2D eigenvalue weighted by molar-refractivity contribution is 5.25. The van der Waals surface area contributed by atoms with Gasteiger partial charge in [0.05, 0.1) is 5.60 Å². The molecule has 0 aliphatic heterocycles. The molecule has 1 nitrogen and oxygen atoms in total. The summed E-state index contributed by atoms with van der Waals surface area (Å²) in [7, 11) is 0. The molecular weight excluding hydrogens is 196 g/mol. The van der Waals surface area contributed by atoms with Crippen LogP contribution in [0.2, 0.25) is 0 Å². The van der Waals surface area contributed by atoms with Crippen molar-refractivity contribution in [3.05, 3.63) is 35.4 Å². The molecule has 1 heteroatoms. The lowest BCUT2D eigenvalue weighted by molar-refractivity contribution is 0.0286. The molecule has 0 aromatic heterocycles. The van der Waals surface area contributed by atoms with E-state index < -0.39 is 5.60 Å². The second-order valence-electron chi connectivity index (χ2n) is 5.03. The minimum absolute atomic E-state index is 0.608. The highest BCUT2D eigenvalue weighted by atomic mass is 16.3. The van der Waals surface area contributed by atoms with Crippen LogP contribution in [0.15, 0.2) is 24.3 Å². The summed E-state index contributed by atoms with van der Waals surface area (Å²) in [6.45, 7) is 8.38. The first-order valence-electron chi connectivity index (χ1n) is 6.29. The molecular formula is C15H24O. The third-order valence-corrected chi connectivity index (χ3v) is 3.51. The summed E-state index contributed by atoms with van der Waals surface area (Å²) in [6, 6.07) is 8.21. The van der Waals surface area contributed by atoms with E-state index in [1.807, 2.05) is 19.1 Å². The SMILES string of the molecule is CCC(CC)C[C@@](C)(O)c1ccc(C)cc1. The summed E-state index contributed by atoms with van der Waals surface area (Å²) < 4.78 is 0. The molecule has 0 saturated heterocycles. The van der Waals surface area contributed by atoms with Crippen LogP contribution in [0.1, 0.15) is 51.2 Å². The molecule has 0 radical (unpaired) electrons. The second kappa shape index (κ2) is 5.49. The van der Waals surface area contributed by atoms with E-state index in [4.69, 9.17) is 0 Å². The molecule has 1 atom stereocenters. The van der Waals surface area contributed by atoms with Gasteiger partial charge in [-0.3, -0.25) is 0 Å². The molecule has 0 fully saturated rings. The lowest BCUT2D eigenvalue weighted by Crippen LogP contribution is -2.24. The highest BCUT2D eigenvalue weighted by Gasteiger charge is 2.25. The van der Waals surface area contributed by atoms with E-state index in [-0.39, 0.29) is 0 Å². The van der Waals surface area contributed by atoms with E-state index in [1.165, 1.54) is 5.56 Å². The quantitative estimate of drug-likeness (QED) is 0.794. The van der Waals surface area contributed by atoms with Crippen molar-refractivity contribution < 1.29 is 5.11 Å². The maximum atomic E-state index is 10.5. The Morgan fingerprint density at radius 1 is 1.12 bits per heavy atom. The first-order chi connectivity index (χ1) is 7.49. The average Bonchev–Trinajstić information content (AvgIpc) is 2.26. The van der Waals surface area contributed by atoms with Crippen LogP contribution in [0.5, 0.6) is 0 Å². The van der Waals surface area contributed by atoms with E-state index in [0.717, 1.165) is 24.8 Å². The normalized spacial score (nSPS) is 15.1. The van der Waals surface area contributed by atoms with E-state index >= 15 is 0 Å². The minimum Gasteiger partial charge on any atom is -0.385 e. The van der Waals surface area contributed by atoms with Crippen molar-refractivity contribution in [2.75, 3.05) is 0 Å². The monoisotopic (exact) mass is 220 g/mol. The zero-order chi connectivity index (χ0) is 12.2. The van der Waals surface area contributed by atoms with Crippen molar-refractivity contribution in [1.82, 2.24) is 0 Å². The van der Waals surface area contributed by atoms with Crippen LogP contribution in [0.25, 0.3) is 0 Å². The van der Waals surface area contributed by atoms with Crippen LogP contribution in [0.4, 0.5) is 0 Å². The smallest absolute Gasteiger partial charge is 0.0871 e. The fourth-order valence-corrected chi connectivity index (χ4v) is 2.17. The number of rotatable bonds is 5. The molecule has 1 aromatic carbocycles. The Balaban J connectivity index is 2.80. The van der Waals surface area contributed by atoms with Gasteiger partial charge in [0.15, 0.2) is 0 Å². The Labute approximate surface area is 99.5 Å². The lowest BCUT2D eigenvalue weighted by atomic mass is 9.83. The van der Waals surface area contributed by atoms with Gasteiger partial charge in [0.2, 0.25) is 0 Å². The molecule has 16 heavy (non-hydrogen) atoms. The Kier molecular flexibility index (Phi) is 4.55. The summed E-state index contributed by atoms with van der Waals surface area (Å²) >= 11 is 0. The standard InChI is InChI=1S/C15H24O/c1-5-13(6-2)11-15(4,16)14-9-7-12(3)8-10-14/h7-10,13,16H,5-6,11H2,1-4H3/t15-/m1/s1. The van der Waals surface area contributed by atoms with Gasteiger partial charge in [-0.25, -0.2) is 0 Å². The molecule has 1 N–H and O–H groups in total. The Bertz CT molecular complexity index is 307. The van der Waals surface area contributed by atoms with Crippen molar-refractivity contribution in [1.29, 1.82) is 0 Å². The molecule has 0 unspecified atom stereocenters. The van der Waals surface area contributed by atoms with Gasteiger partial charge >= 0.3 is 0 Å². The number of benzene rings is 1. The summed E-state index contributed by atoms with van der Waals surface area (Å²) in [6.07, 6.45) is 3.13. The van der Waals surface area contributed by atoms with E-state index in [1.54, 1.807) is 0 Å². The number of aryl methyl sites for hydroxylation is 1. The summed E-state index contributed by atoms with van der Waals surface area (Å²) in [5.74, 6) is 0.608. The van der Waals surface area contributed by atoms with E-state index in [9.17, 15) is 5.11 Å². The molecule has 0 amide bonds. The fourth-order valence-electron chi connectivity index (χ4n) is 2.17. The number of hydrogen-bond donors (Lipinski definition) is 1. The van der Waals surface area contributed by atoms with E-state index in [2.05, 4.69) is 32.9 Å². The molecule has 0 saturated carbocycles. The van der Waals surface area contributed by atoms with Gasteiger partial charge in [-0.1, -0.05) is 56.5 Å². The van der Waals surface area contributed by atoms with Crippen molar-refractivity contribution in [3.63, 3.8) is 0 Å². The highest BCUT2D eigenvalue weighted by Crippen LogP contribution is 2.30. The van der Waals surface area contributed by atoms with Crippen LogP contribution in [0, 0.1) is 12.8 Å². The number of hydrogen-bond acceptors (Lipinski definition) is 1. The molecule has 1 rings (SSSR count). The van der Waals surface area contributed by atoms with Crippen LogP contribution in [-0.2, 0) is 5.60 Å². The van der Waals surface area contributed by atoms with Gasteiger partial charge in [-0.05, 0) is 31.7 Å². The summed E-state index contributed by atoms with van der Waals surface area (Å²) in [4.78, 5) is 0. The van der Waals surface area contributed by atoms with Crippen molar-refractivity contribution in [2.24, 2.45) is 5.92 Å². The molecule has 90 valence electrons. The summed E-state index contributed by atoms with van der Waals surface area (Å²) in [5, 5.41) is 10.5. The maximum Gasteiger partial charge on any atom is 0.0871 e. The Morgan fingerprint density at radius 3 is 2.06 bits per heavy atom. The molecule has 0 spiro atoms. The van der Waals surface area contributed by atoms with Crippen molar-refractivity contribution in [3.8, 4) is 0 Å². The van der Waals surface area contributed by atoms with Crippen LogP contribution in [0.3, 0.4) is 0 Å². The third-order valence-electron chi connectivity index (χ3n) is 3.51. The van der Waals surface area contributed by atoms with Gasteiger partial charge in [0.25, 0.3) is 0 Å². The first kappa shape index (κ1) is 13.2. The maximum absolute atomic E-state index is 10.5. The predicted octanol–water partition coefficient (Wildman–Crippen LogP) is 4.03. The van der Waals surface area contributed by atoms with E-state index in [0.29, 0.717) is 5.92 Å². The molecule has 0 aliphatic carbocycles. The molecule has 0 aliphatic rings. The topological polar surface area (TPSA) is 20.2 Å². The Hall–Kier alpha value is -0.820. The van der Waals surface area contributed by atoms with Crippen LogP contribution >= 0.6 is 0 Å². The van der Waals surface area contributed by atoms with Gasteiger partial charge in [0.1, 0.15) is 0 Å². The lowest BCUT2D eigenvalue weighted by Gasteiger charge is -2.28. The van der Waals surface area contributed by atoms with Gasteiger partial charge in [-0.15, -0.1) is 0 Å². The zero-order valence-corrected chi connectivity index (χ0v) is 11.0. The van der Waals surface area contributed by atoms with Crippen LogP contribution < -0.4 is 0 Å². The average molecular weight is 220 g/mol. The van der Waals surface area contributed by atoms with Crippen LogP contribution in [-0.4, -0.2) is 5.11 Å². The van der Waals surface area contributed by atoms with Gasteiger partial charge < -0.3 is 5.11 Å². The number of aliphatic hydroxyl groups is 1.